The Hall–Kier alpha value is -3.38. The fraction of sp³-hybridized carbons (Fsp3) is 0.0870. The highest BCUT2D eigenvalue weighted by atomic mass is 32.2. The number of pyridine rings is 1. The van der Waals surface area contributed by atoms with Gasteiger partial charge in [0.05, 0.1) is 20.9 Å². The van der Waals surface area contributed by atoms with E-state index in [1.54, 1.807) is 24.6 Å². The van der Waals surface area contributed by atoms with Crippen LogP contribution in [0.5, 0.6) is 5.75 Å². The van der Waals surface area contributed by atoms with Crippen molar-refractivity contribution in [3.63, 3.8) is 0 Å². The maximum Gasteiger partial charge on any atom is 0.117 e. The summed E-state index contributed by atoms with van der Waals surface area (Å²) in [6.07, 6.45) is 3.37. The van der Waals surface area contributed by atoms with Gasteiger partial charge in [0.15, 0.2) is 0 Å². The summed E-state index contributed by atoms with van der Waals surface area (Å²) in [4.78, 5) is 5.11. The van der Waals surface area contributed by atoms with Gasteiger partial charge in [-0.2, -0.15) is 4.36 Å². The first-order valence-corrected chi connectivity index (χ1v) is 11.1. The second-order valence-electron chi connectivity index (χ2n) is 6.89. The van der Waals surface area contributed by atoms with Crippen molar-refractivity contribution in [3.8, 4) is 5.75 Å². The molecular formula is C23H21N3O2S. The minimum Gasteiger partial charge on any atom is -0.508 e. The molecule has 0 aliphatic carbocycles. The fourth-order valence-corrected chi connectivity index (χ4v) is 4.40. The lowest BCUT2D eigenvalue weighted by atomic mass is 10.1. The Morgan fingerprint density at radius 2 is 1.76 bits per heavy atom. The van der Waals surface area contributed by atoms with Gasteiger partial charge in [0, 0.05) is 40.2 Å². The van der Waals surface area contributed by atoms with Crippen molar-refractivity contribution < 1.29 is 9.32 Å². The number of nitrogens with one attached hydrogen (secondary N) is 1. The zero-order valence-corrected chi connectivity index (χ0v) is 17.0. The van der Waals surface area contributed by atoms with Crippen molar-refractivity contribution in [2.24, 2.45) is 4.36 Å². The summed E-state index contributed by atoms with van der Waals surface area (Å²) in [5.41, 5.74) is 4.08. The van der Waals surface area contributed by atoms with Crippen LogP contribution < -0.4 is 5.32 Å². The van der Waals surface area contributed by atoms with Crippen molar-refractivity contribution in [2.75, 3.05) is 11.6 Å². The molecule has 4 rings (SSSR count). The normalized spacial score (nSPS) is 13.0. The van der Waals surface area contributed by atoms with Crippen LogP contribution in [0.2, 0.25) is 0 Å². The number of fused-ring (bicyclic) bond motifs is 1. The van der Waals surface area contributed by atoms with E-state index in [9.17, 15) is 9.32 Å². The molecule has 0 radical (unpaired) electrons. The SMILES string of the molecule is Cc1ccc(O)cc1Nc1ccnc2ccc(N=[S@@](C)(=O)c3ccccc3)cc12. The zero-order valence-electron chi connectivity index (χ0n) is 16.2. The molecule has 146 valence electrons. The van der Waals surface area contributed by atoms with Crippen molar-refractivity contribution in [1.82, 2.24) is 4.98 Å². The number of hydrogen-bond donors (Lipinski definition) is 2. The number of phenols is 1. The van der Waals surface area contributed by atoms with E-state index in [0.717, 1.165) is 27.8 Å². The molecule has 4 aromatic rings. The number of benzene rings is 3. The minimum atomic E-state index is -2.56. The van der Waals surface area contributed by atoms with Gasteiger partial charge in [-0.3, -0.25) is 4.98 Å². The van der Waals surface area contributed by atoms with E-state index in [4.69, 9.17) is 0 Å². The number of nitrogens with zero attached hydrogens (tertiary/aromatic N) is 2. The van der Waals surface area contributed by atoms with Crippen LogP contribution in [0.3, 0.4) is 0 Å². The quantitative estimate of drug-likeness (QED) is 0.453. The summed E-state index contributed by atoms with van der Waals surface area (Å²) in [7, 11) is -2.56. The van der Waals surface area contributed by atoms with E-state index in [1.165, 1.54) is 0 Å². The van der Waals surface area contributed by atoms with Crippen molar-refractivity contribution >= 4 is 37.7 Å². The molecule has 1 aromatic heterocycles. The molecule has 0 bridgehead atoms. The van der Waals surface area contributed by atoms with E-state index in [2.05, 4.69) is 14.7 Å². The lowest BCUT2D eigenvalue weighted by molar-refractivity contribution is 0.475. The van der Waals surface area contributed by atoms with Gasteiger partial charge in [-0.15, -0.1) is 0 Å². The summed E-state index contributed by atoms with van der Waals surface area (Å²) >= 11 is 0. The third kappa shape index (κ3) is 4.07. The summed E-state index contributed by atoms with van der Waals surface area (Å²) in [6.45, 7) is 1.97. The Labute approximate surface area is 170 Å². The standard InChI is InChI=1S/C23H21N3O2S/c1-16-8-10-18(27)15-23(16)25-22-12-13-24-21-11-9-17(14-20(21)22)26-29(2,28)19-6-4-3-5-7-19/h3-15,27H,1-2H3,(H,24,25)/t29-/m0/s1. The molecule has 0 saturated heterocycles. The summed E-state index contributed by atoms with van der Waals surface area (Å²) < 4.78 is 17.6. The lowest BCUT2D eigenvalue weighted by Gasteiger charge is -2.13. The molecule has 29 heavy (non-hydrogen) atoms. The second-order valence-corrected chi connectivity index (χ2v) is 9.15. The van der Waals surface area contributed by atoms with Crippen LogP contribution in [0.25, 0.3) is 10.9 Å². The van der Waals surface area contributed by atoms with E-state index < -0.39 is 9.73 Å². The van der Waals surface area contributed by atoms with Gasteiger partial charge in [-0.05, 0) is 55.0 Å². The predicted octanol–water partition coefficient (Wildman–Crippen LogP) is 5.78. The Balaban J connectivity index is 1.80. The van der Waals surface area contributed by atoms with Crippen LogP contribution in [-0.2, 0) is 9.73 Å². The highest BCUT2D eigenvalue weighted by molar-refractivity contribution is 7.93. The Bertz CT molecular complexity index is 1310. The van der Waals surface area contributed by atoms with Crippen molar-refractivity contribution in [2.45, 2.75) is 11.8 Å². The molecule has 0 amide bonds. The van der Waals surface area contributed by atoms with E-state index >= 15 is 0 Å². The van der Waals surface area contributed by atoms with Gasteiger partial charge < -0.3 is 10.4 Å². The van der Waals surface area contributed by atoms with Gasteiger partial charge in [0.1, 0.15) is 5.75 Å². The number of aryl methyl sites for hydroxylation is 1. The molecule has 3 aromatic carbocycles. The maximum absolute atomic E-state index is 13.1. The maximum atomic E-state index is 13.1. The van der Waals surface area contributed by atoms with Gasteiger partial charge in [-0.25, -0.2) is 4.21 Å². The average Bonchev–Trinajstić information content (AvgIpc) is 2.71. The van der Waals surface area contributed by atoms with Crippen LogP contribution in [-0.4, -0.2) is 20.6 Å². The smallest absolute Gasteiger partial charge is 0.117 e. The summed E-state index contributed by atoms with van der Waals surface area (Å²) in [5, 5.41) is 14.0. The number of anilines is 2. The number of aromatic hydroxyl groups is 1. The molecule has 1 atom stereocenters. The first-order chi connectivity index (χ1) is 13.9. The first kappa shape index (κ1) is 19.0. The lowest BCUT2D eigenvalue weighted by Crippen LogP contribution is -1.97. The van der Waals surface area contributed by atoms with Gasteiger partial charge in [0.25, 0.3) is 0 Å². The minimum absolute atomic E-state index is 0.195. The zero-order chi connectivity index (χ0) is 20.4. The molecule has 0 spiro atoms. The van der Waals surface area contributed by atoms with Crippen LogP contribution in [0.15, 0.2) is 88.3 Å². The van der Waals surface area contributed by atoms with E-state index in [0.29, 0.717) is 10.6 Å². The molecular weight excluding hydrogens is 382 g/mol. The molecule has 0 fully saturated rings. The fourth-order valence-electron chi connectivity index (χ4n) is 3.12. The average molecular weight is 404 g/mol. The van der Waals surface area contributed by atoms with Gasteiger partial charge >= 0.3 is 0 Å². The highest BCUT2D eigenvalue weighted by Crippen LogP contribution is 2.31. The highest BCUT2D eigenvalue weighted by Gasteiger charge is 2.09. The van der Waals surface area contributed by atoms with Gasteiger partial charge in [0.2, 0.25) is 0 Å². The Morgan fingerprint density at radius 3 is 2.55 bits per heavy atom. The summed E-state index contributed by atoms with van der Waals surface area (Å²) in [6, 6.07) is 21.9. The second kappa shape index (κ2) is 7.56. The third-order valence-corrected chi connectivity index (χ3v) is 6.38. The van der Waals surface area contributed by atoms with E-state index in [1.807, 2.05) is 67.6 Å². The first-order valence-electron chi connectivity index (χ1n) is 9.15. The van der Waals surface area contributed by atoms with Crippen molar-refractivity contribution in [1.29, 1.82) is 0 Å². The number of aromatic nitrogens is 1. The van der Waals surface area contributed by atoms with Crippen LogP contribution in [0, 0.1) is 6.92 Å². The van der Waals surface area contributed by atoms with Gasteiger partial charge in [-0.1, -0.05) is 24.3 Å². The Morgan fingerprint density at radius 1 is 0.966 bits per heavy atom. The monoisotopic (exact) mass is 403 g/mol. The molecule has 2 N–H and O–H groups in total. The number of phenolic OH excluding ortho intramolecular Hbond substituents is 1. The molecule has 0 unspecified atom stereocenters. The molecule has 0 saturated carbocycles. The van der Waals surface area contributed by atoms with Crippen LogP contribution in [0.4, 0.5) is 17.1 Å². The third-order valence-electron chi connectivity index (χ3n) is 4.68. The molecule has 6 heteroatoms. The van der Waals surface area contributed by atoms with Crippen LogP contribution in [0.1, 0.15) is 5.56 Å². The molecule has 1 heterocycles. The van der Waals surface area contributed by atoms with Crippen LogP contribution >= 0.6 is 0 Å². The Kier molecular flexibility index (Phi) is 4.94. The number of hydrogen-bond acceptors (Lipinski definition) is 5. The predicted molar refractivity (Wildman–Crippen MR) is 119 cm³/mol. The number of rotatable bonds is 4. The molecule has 5 nitrogen and oxygen atoms in total. The van der Waals surface area contributed by atoms with E-state index in [-0.39, 0.29) is 5.75 Å². The largest absolute Gasteiger partial charge is 0.508 e. The summed E-state index contributed by atoms with van der Waals surface area (Å²) in [5.74, 6) is 0.195. The molecule has 0 aliphatic rings. The van der Waals surface area contributed by atoms with Crippen molar-refractivity contribution in [3.05, 3.63) is 84.6 Å². The topological polar surface area (TPSA) is 74.6 Å². The molecule has 0 aliphatic heterocycles.